The summed E-state index contributed by atoms with van der Waals surface area (Å²) in [4.78, 5) is 27.4. The standard InChI is InChI=1S/C22H21Cl2N5O4/c23-17-6-5-16(18(24)13-17)14-26-9-11-27(12-10-26)22(30)19-7-8-28(25-19)15-33-21-4-2-1-3-20(21)29(31)32/h1-8,13H,9-12,14-15H2. The van der Waals surface area contributed by atoms with Crippen LogP contribution in [0.5, 0.6) is 5.75 Å². The summed E-state index contributed by atoms with van der Waals surface area (Å²) in [5.41, 5.74) is 1.17. The van der Waals surface area contributed by atoms with Gasteiger partial charge in [-0.3, -0.25) is 19.8 Å². The molecule has 4 rings (SSSR count). The number of amides is 1. The Labute approximate surface area is 200 Å². The fraction of sp³-hybridized carbons (Fsp3) is 0.273. The molecule has 1 aromatic heterocycles. The van der Waals surface area contributed by atoms with E-state index < -0.39 is 4.92 Å². The molecule has 0 saturated carbocycles. The summed E-state index contributed by atoms with van der Waals surface area (Å²) < 4.78 is 6.95. The van der Waals surface area contributed by atoms with Crippen molar-refractivity contribution >= 4 is 34.8 Å². The number of nitro benzene ring substituents is 1. The molecule has 0 spiro atoms. The number of carbonyl (C=O) groups is 1. The van der Waals surface area contributed by atoms with Crippen LogP contribution in [-0.4, -0.2) is 56.6 Å². The van der Waals surface area contributed by atoms with Crippen LogP contribution < -0.4 is 4.74 Å². The first-order valence-electron chi connectivity index (χ1n) is 10.3. The van der Waals surface area contributed by atoms with Crippen molar-refractivity contribution in [2.24, 2.45) is 0 Å². The molecule has 1 fully saturated rings. The summed E-state index contributed by atoms with van der Waals surface area (Å²) in [7, 11) is 0. The van der Waals surface area contributed by atoms with Gasteiger partial charge in [-0.25, -0.2) is 4.68 Å². The lowest BCUT2D eigenvalue weighted by Gasteiger charge is -2.34. The summed E-state index contributed by atoms with van der Waals surface area (Å²) in [6, 6.07) is 13.2. The van der Waals surface area contributed by atoms with Gasteiger partial charge in [-0.15, -0.1) is 0 Å². The predicted molar refractivity (Wildman–Crippen MR) is 124 cm³/mol. The number of piperazine rings is 1. The number of nitro groups is 1. The van der Waals surface area contributed by atoms with Gasteiger partial charge in [0.1, 0.15) is 0 Å². The first-order chi connectivity index (χ1) is 15.9. The molecular formula is C22H21Cl2N5O4. The Hall–Kier alpha value is -3.14. The molecule has 0 unspecified atom stereocenters. The zero-order chi connectivity index (χ0) is 23.4. The first-order valence-corrected chi connectivity index (χ1v) is 11.0. The quantitative estimate of drug-likeness (QED) is 0.366. The minimum Gasteiger partial charge on any atom is -0.464 e. The van der Waals surface area contributed by atoms with Gasteiger partial charge in [-0.1, -0.05) is 41.4 Å². The molecule has 11 heteroatoms. The van der Waals surface area contributed by atoms with Crippen LogP contribution in [0.4, 0.5) is 5.69 Å². The Bertz CT molecular complexity index is 1160. The Morgan fingerprint density at radius 2 is 1.85 bits per heavy atom. The van der Waals surface area contributed by atoms with E-state index in [1.54, 1.807) is 35.4 Å². The van der Waals surface area contributed by atoms with Crippen LogP contribution in [0.3, 0.4) is 0 Å². The van der Waals surface area contributed by atoms with Gasteiger partial charge in [-0.05, 0) is 29.8 Å². The number of hydrogen-bond donors (Lipinski definition) is 0. The summed E-state index contributed by atoms with van der Waals surface area (Å²) in [6.45, 7) is 3.22. The largest absolute Gasteiger partial charge is 0.464 e. The summed E-state index contributed by atoms with van der Waals surface area (Å²) in [5, 5.41) is 16.6. The van der Waals surface area contributed by atoms with Crippen molar-refractivity contribution in [1.82, 2.24) is 19.6 Å². The molecule has 0 atom stereocenters. The van der Waals surface area contributed by atoms with Gasteiger partial charge in [-0.2, -0.15) is 5.10 Å². The van der Waals surface area contributed by atoms with Crippen LogP contribution >= 0.6 is 23.2 Å². The van der Waals surface area contributed by atoms with Crippen molar-refractivity contribution in [3.8, 4) is 5.75 Å². The number of benzene rings is 2. The summed E-state index contributed by atoms with van der Waals surface area (Å²) in [5.74, 6) is -0.0218. The third kappa shape index (κ3) is 5.62. The fourth-order valence-corrected chi connectivity index (χ4v) is 4.04. The molecule has 0 radical (unpaired) electrons. The van der Waals surface area contributed by atoms with E-state index in [1.807, 2.05) is 12.1 Å². The van der Waals surface area contributed by atoms with Gasteiger partial charge in [0.15, 0.2) is 18.2 Å². The number of para-hydroxylation sites is 2. The molecule has 9 nitrogen and oxygen atoms in total. The second kappa shape index (κ2) is 10.2. The normalized spacial score (nSPS) is 14.3. The molecule has 2 aromatic carbocycles. The lowest BCUT2D eigenvalue weighted by molar-refractivity contribution is -0.386. The van der Waals surface area contributed by atoms with Crippen LogP contribution in [0, 0.1) is 10.1 Å². The van der Waals surface area contributed by atoms with Crippen LogP contribution in [0.2, 0.25) is 10.0 Å². The van der Waals surface area contributed by atoms with Gasteiger partial charge in [0.2, 0.25) is 0 Å². The average molecular weight is 490 g/mol. The van der Waals surface area contributed by atoms with Gasteiger partial charge >= 0.3 is 5.69 Å². The molecule has 1 aliphatic heterocycles. The first kappa shape index (κ1) is 23.0. The fourth-order valence-electron chi connectivity index (χ4n) is 3.58. The number of hydrogen-bond acceptors (Lipinski definition) is 6. The Morgan fingerprint density at radius 1 is 1.09 bits per heavy atom. The van der Waals surface area contributed by atoms with E-state index >= 15 is 0 Å². The minimum absolute atomic E-state index is 0.0479. The van der Waals surface area contributed by atoms with Crippen LogP contribution in [0.25, 0.3) is 0 Å². The molecule has 33 heavy (non-hydrogen) atoms. The van der Waals surface area contributed by atoms with E-state index in [2.05, 4.69) is 10.00 Å². The van der Waals surface area contributed by atoms with Crippen LogP contribution in [0.15, 0.2) is 54.7 Å². The third-order valence-electron chi connectivity index (χ3n) is 5.34. The van der Waals surface area contributed by atoms with Crippen molar-refractivity contribution in [3.63, 3.8) is 0 Å². The molecule has 3 aromatic rings. The number of aromatic nitrogens is 2. The third-order valence-corrected chi connectivity index (χ3v) is 5.93. The highest BCUT2D eigenvalue weighted by Crippen LogP contribution is 2.26. The van der Waals surface area contributed by atoms with Crippen molar-refractivity contribution in [3.05, 3.63) is 86.1 Å². The molecular weight excluding hydrogens is 469 g/mol. The van der Waals surface area contributed by atoms with Crippen molar-refractivity contribution in [2.45, 2.75) is 13.3 Å². The van der Waals surface area contributed by atoms with Crippen LogP contribution in [-0.2, 0) is 13.3 Å². The highest BCUT2D eigenvalue weighted by molar-refractivity contribution is 6.35. The molecule has 172 valence electrons. The maximum atomic E-state index is 12.9. The molecule has 0 bridgehead atoms. The van der Waals surface area contributed by atoms with E-state index in [1.165, 1.54) is 16.8 Å². The number of ether oxygens (including phenoxy) is 1. The van der Waals surface area contributed by atoms with E-state index in [0.717, 1.165) is 5.56 Å². The lowest BCUT2D eigenvalue weighted by Crippen LogP contribution is -2.48. The second-order valence-corrected chi connectivity index (χ2v) is 8.39. The maximum Gasteiger partial charge on any atom is 0.311 e. The van der Waals surface area contributed by atoms with Gasteiger partial charge in [0.05, 0.1) is 4.92 Å². The number of halogens is 2. The van der Waals surface area contributed by atoms with Crippen LogP contribution in [0.1, 0.15) is 16.1 Å². The predicted octanol–water partition coefficient (Wildman–Crippen LogP) is 4.09. The van der Waals surface area contributed by atoms with E-state index in [0.29, 0.717) is 48.5 Å². The molecule has 0 N–H and O–H groups in total. The Kier molecular flexibility index (Phi) is 7.12. The lowest BCUT2D eigenvalue weighted by atomic mass is 10.2. The number of nitrogens with zero attached hydrogens (tertiary/aromatic N) is 5. The second-order valence-electron chi connectivity index (χ2n) is 7.54. The van der Waals surface area contributed by atoms with E-state index in [4.69, 9.17) is 27.9 Å². The van der Waals surface area contributed by atoms with Gasteiger partial charge in [0.25, 0.3) is 5.91 Å². The molecule has 0 aliphatic carbocycles. The van der Waals surface area contributed by atoms with Crippen molar-refractivity contribution in [2.75, 3.05) is 26.2 Å². The Morgan fingerprint density at radius 3 is 2.58 bits per heavy atom. The summed E-state index contributed by atoms with van der Waals surface area (Å²) in [6.07, 6.45) is 1.61. The molecule has 1 amide bonds. The number of rotatable bonds is 7. The zero-order valence-electron chi connectivity index (χ0n) is 17.6. The Balaban J connectivity index is 1.30. The topological polar surface area (TPSA) is 93.7 Å². The van der Waals surface area contributed by atoms with Crippen molar-refractivity contribution < 1.29 is 14.5 Å². The molecule has 1 aliphatic rings. The number of carbonyl (C=O) groups excluding carboxylic acids is 1. The summed E-state index contributed by atoms with van der Waals surface area (Å²) >= 11 is 12.2. The average Bonchev–Trinajstić information content (AvgIpc) is 3.29. The monoisotopic (exact) mass is 489 g/mol. The van der Waals surface area contributed by atoms with Crippen molar-refractivity contribution in [1.29, 1.82) is 0 Å². The van der Waals surface area contributed by atoms with E-state index in [-0.39, 0.29) is 24.1 Å². The maximum absolute atomic E-state index is 12.9. The highest BCUT2D eigenvalue weighted by Gasteiger charge is 2.24. The minimum atomic E-state index is -0.506. The SMILES string of the molecule is O=C(c1ccn(COc2ccccc2[N+](=O)[O-])n1)N1CCN(Cc2ccc(Cl)cc2Cl)CC1. The highest BCUT2D eigenvalue weighted by atomic mass is 35.5. The van der Waals surface area contributed by atoms with Gasteiger partial charge < -0.3 is 9.64 Å². The zero-order valence-corrected chi connectivity index (χ0v) is 19.1. The molecule has 1 saturated heterocycles. The van der Waals surface area contributed by atoms with E-state index in [9.17, 15) is 14.9 Å². The smallest absolute Gasteiger partial charge is 0.311 e. The molecule has 2 heterocycles. The van der Waals surface area contributed by atoms with Gasteiger partial charge in [0, 0.05) is 55.0 Å².